The Morgan fingerprint density at radius 3 is 2.50 bits per heavy atom. The standard InChI is InChI=1S/C13H17FN2O2/c14-11-3-1-10(2-4-11)7-15-12(18)16-8-13(9-17)5-6-13/h1-4,17H,5-9H2,(H2,15,16,18). The lowest BCUT2D eigenvalue weighted by atomic mass is 10.1. The fourth-order valence-electron chi connectivity index (χ4n) is 1.68. The van der Waals surface area contributed by atoms with E-state index in [1.54, 1.807) is 12.1 Å². The van der Waals surface area contributed by atoms with Crippen LogP contribution in [0.15, 0.2) is 24.3 Å². The Bertz CT molecular complexity index is 416. The zero-order valence-corrected chi connectivity index (χ0v) is 10.1. The summed E-state index contributed by atoms with van der Waals surface area (Å²) in [6, 6.07) is 5.72. The Morgan fingerprint density at radius 2 is 1.94 bits per heavy atom. The van der Waals surface area contributed by atoms with Crippen LogP contribution in [-0.4, -0.2) is 24.3 Å². The van der Waals surface area contributed by atoms with Gasteiger partial charge in [-0.3, -0.25) is 0 Å². The Hall–Kier alpha value is -1.62. The number of aliphatic hydroxyl groups excluding tert-OH is 1. The average Bonchev–Trinajstić information content (AvgIpc) is 3.16. The van der Waals surface area contributed by atoms with Crippen LogP contribution in [0.25, 0.3) is 0 Å². The smallest absolute Gasteiger partial charge is 0.315 e. The first-order chi connectivity index (χ1) is 8.63. The lowest BCUT2D eigenvalue weighted by molar-refractivity contribution is 0.203. The quantitative estimate of drug-likeness (QED) is 0.741. The molecule has 0 aliphatic heterocycles. The fourth-order valence-corrected chi connectivity index (χ4v) is 1.68. The normalized spacial score (nSPS) is 16.1. The minimum Gasteiger partial charge on any atom is -0.396 e. The lowest BCUT2D eigenvalue weighted by Gasteiger charge is -2.13. The van der Waals surface area contributed by atoms with Crippen LogP contribution >= 0.6 is 0 Å². The highest BCUT2D eigenvalue weighted by Gasteiger charge is 2.42. The van der Waals surface area contributed by atoms with Crippen molar-refractivity contribution >= 4 is 6.03 Å². The van der Waals surface area contributed by atoms with Gasteiger partial charge in [-0.25, -0.2) is 9.18 Å². The molecule has 1 aromatic carbocycles. The van der Waals surface area contributed by atoms with Crippen molar-refractivity contribution < 1.29 is 14.3 Å². The largest absolute Gasteiger partial charge is 0.396 e. The van der Waals surface area contributed by atoms with E-state index in [1.165, 1.54) is 12.1 Å². The molecule has 1 aromatic rings. The van der Waals surface area contributed by atoms with Gasteiger partial charge in [0.25, 0.3) is 0 Å². The summed E-state index contributed by atoms with van der Waals surface area (Å²) in [5.41, 5.74) is 0.752. The van der Waals surface area contributed by atoms with Gasteiger partial charge in [0.15, 0.2) is 0 Å². The zero-order chi connectivity index (χ0) is 13.0. The molecule has 18 heavy (non-hydrogen) atoms. The molecule has 0 unspecified atom stereocenters. The molecule has 0 saturated heterocycles. The van der Waals surface area contributed by atoms with Gasteiger partial charge in [-0.05, 0) is 30.5 Å². The molecule has 0 radical (unpaired) electrons. The number of rotatable bonds is 5. The molecule has 3 N–H and O–H groups in total. The molecular formula is C13H17FN2O2. The highest BCUT2D eigenvalue weighted by molar-refractivity contribution is 5.73. The van der Waals surface area contributed by atoms with Crippen LogP contribution in [0.1, 0.15) is 18.4 Å². The summed E-state index contributed by atoms with van der Waals surface area (Å²) >= 11 is 0. The third kappa shape index (κ3) is 3.43. The second kappa shape index (κ2) is 5.35. The number of urea groups is 1. The first-order valence-corrected chi connectivity index (χ1v) is 6.01. The number of hydrogen-bond acceptors (Lipinski definition) is 2. The van der Waals surface area contributed by atoms with Gasteiger partial charge in [0, 0.05) is 18.5 Å². The number of hydrogen-bond donors (Lipinski definition) is 3. The minimum atomic E-state index is -0.290. The van der Waals surface area contributed by atoms with Gasteiger partial charge in [-0.1, -0.05) is 12.1 Å². The van der Waals surface area contributed by atoms with Gasteiger partial charge in [-0.15, -0.1) is 0 Å². The molecule has 4 nitrogen and oxygen atoms in total. The Kier molecular flexibility index (Phi) is 3.81. The van der Waals surface area contributed by atoms with E-state index in [1.807, 2.05) is 0 Å². The molecule has 1 aliphatic carbocycles. The summed E-state index contributed by atoms with van der Waals surface area (Å²) in [4.78, 5) is 11.5. The third-order valence-electron chi connectivity index (χ3n) is 3.28. The van der Waals surface area contributed by atoms with Crippen LogP contribution in [0.5, 0.6) is 0 Å². The van der Waals surface area contributed by atoms with Crippen molar-refractivity contribution in [2.45, 2.75) is 19.4 Å². The van der Waals surface area contributed by atoms with Crippen LogP contribution < -0.4 is 10.6 Å². The number of carbonyl (C=O) groups excluding carboxylic acids is 1. The third-order valence-corrected chi connectivity index (χ3v) is 3.28. The molecule has 2 rings (SSSR count). The van der Waals surface area contributed by atoms with Crippen molar-refractivity contribution in [3.63, 3.8) is 0 Å². The minimum absolute atomic E-state index is 0.0901. The lowest BCUT2D eigenvalue weighted by Crippen LogP contribution is -2.39. The first kappa shape index (κ1) is 12.8. The predicted molar refractivity (Wildman–Crippen MR) is 65.4 cm³/mol. The Labute approximate surface area is 105 Å². The number of benzene rings is 1. The second-order valence-corrected chi connectivity index (χ2v) is 4.82. The van der Waals surface area contributed by atoms with Crippen LogP contribution in [0, 0.1) is 11.2 Å². The van der Waals surface area contributed by atoms with Gasteiger partial charge >= 0.3 is 6.03 Å². The van der Waals surface area contributed by atoms with E-state index >= 15 is 0 Å². The van der Waals surface area contributed by atoms with E-state index in [0.717, 1.165) is 18.4 Å². The molecule has 0 spiro atoms. The summed E-state index contributed by atoms with van der Waals surface area (Å²) in [7, 11) is 0. The van der Waals surface area contributed by atoms with E-state index in [4.69, 9.17) is 5.11 Å². The molecule has 5 heteroatoms. The number of amides is 2. The number of nitrogens with one attached hydrogen (secondary N) is 2. The maximum Gasteiger partial charge on any atom is 0.315 e. The van der Waals surface area contributed by atoms with E-state index in [-0.39, 0.29) is 23.9 Å². The van der Waals surface area contributed by atoms with Gasteiger partial charge in [0.1, 0.15) is 5.82 Å². The van der Waals surface area contributed by atoms with Crippen molar-refractivity contribution in [1.29, 1.82) is 0 Å². The van der Waals surface area contributed by atoms with Gasteiger partial charge in [0.05, 0.1) is 6.61 Å². The van der Waals surface area contributed by atoms with E-state index in [9.17, 15) is 9.18 Å². The molecular weight excluding hydrogens is 235 g/mol. The first-order valence-electron chi connectivity index (χ1n) is 6.01. The fraction of sp³-hybridized carbons (Fsp3) is 0.462. The maximum atomic E-state index is 12.7. The topological polar surface area (TPSA) is 61.4 Å². The SMILES string of the molecule is O=C(NCc1ccc(F)cc1)NCC1(CO)CC1. The van der Waals surface area contributed by atoms with Gasteiger partial charge in [-0.2, -0.15) is 0 Å². The number of aliphatic hydroxyl groups is 1. The predicted octanol–water partition coefficient (Wildman–Crippen LogP) is 1.40. The summed E-state index contributed by atoms with van der Waals surface area (Å²) in [6.07, 6.45) is 1.92. The van der Waals surface area contributed by atoms with E-state index in [2.05, 4.69) is 10.6 Å². The van der Waals surface area contributed by atoms with Crippen LogP contribution in [-0.2, 0) is 6.54 Å². The van der Waals surface area contributed by atoms with E-state index < -0.39 is 0 Å². The Morgan fingerprint density at radius 1 is 1.28 bits per heavy atom. The zero-order valence-electron chi connectivity index (χ0n) is 10.1. The summed E-state index contributed by atoms with van der Waals surface area (Å²) in [5, 5.41) is 14.5. The molecule has 2 amide bonds. The summed E-state index contributed by atoms with van der Waals surface area (Å²) in [5.74, 6) is -0.290. The molecule has 1 saturated carbocycles. The molecule has 0 bridgehead atoms. The van der Waals surface area contributed by atoms with Gasteiger partial charge < -0.3 is 15.7 Å². The van der Waals surface area contributed by atoms with Crippen molar-refractivity contribution in [2.75, 3.05) is 13.2 Å². The molecule has 0 aromatic heterocycles. The van der Waals surface area contributed by atoms with Crippen LogP contribution in [0.3, 0.4) is 0 Å². The average molecular weight is 252 g/mol. The van der Waals surface area contributed by atoms with Crippen molar-refractivity contribution in [2.24, 2.45) is 5.41 Å². The second-order valence-electron chi connectivity index (χ2n) is 4.82. The monoisotopic (exact) mass is 252 g/mol. The van der Waals surface area contributed by atoms with Crippen LogP contribution in [0.4, 0.5) is 9.18 Å². The summed E-state index contributed by atoms with van der Waals surface area (Å²) < 4.78 is 12.7. The number of halogens is 1. The van der Waals surface area contributed by atoms with Crippen LogP contribution in [0.2, 0.25) is 0 Å². The molecule has 98 valence electrons. The Balaban J connectivity index is 1.70. The number of carbonyl (C=O) groups is 1. The van der Waals surface area contributed by atoms with Crippen molar-refractivity contribution in [3.05, 3.63) is 35.6 Å². The highest BCUT2D eigenvalue weighted by Crippen LogP contribution is 2.44. The maximum absolute atomic E-state index is 12.7. The van der Waals surface area contributed by atoms with Gasteiger partial charge in [0.2, 0.25) is 0 Å². The molecule has 0 heterocycles. The molecule has 1 fully saturated rings. The van der Waals surface area contributed by atoms with Crippen molar-refractivity contribution in [3.8, 4) is 0 Å². The highest BCUT2D eigenvalue weighted by atomic mass is 19.1. The van der Waals surface area contributed by atoms with Crippen molar-refractivity contribution in [1.82, 2.24) is 10.6 Å². The summed E-state index contributed by atoms with van der Waals surface area (Å²) in [6.45, 7) is 0.974. The molecule has 1 aliphatic rings. The molecule has 0 atom stereocenters. The van der Waals surface area contributed by atoms with E-state index in [0.29, 0.717) is 13.1 Å².